The van der Waals surface area contributed by atoms with Crippen LogP contribution < -0.4 is 0 Å². The molecule has 6 atom stereocenters. The third kappa shape index (κ3) is 6.05. The Morgan fingerprint density at radius 3 is 2.34 bits per heavy atom. The Bertz CT molecular complexity index is 796. The van der Waals surface area contributed by atoms with E-state index in [0.717, 1.165) is 5.56 Å². The van der Waals surface area contributed by atoms with Gasteiger partial charge in [0, 0.05) is 38.9 Å². The molecule has 2 aliphatic heterocycles. The summed E-state index contributed by atoms with van der Waals surface area (Å²) in [6.45, 7) is 7.66. The lowest BCUT2D eigenvalue weighted by molar-refractivity contribution is -0.281. The highest BCUT2D eigenvalue weighted by Crippen LogP contribution is 2.35. The van der Waals surface area contributed by atoms with Gasteiger partial charge in [-0.3, -0.25) is 14.4 Å². The van der Waals surface area contributed by atoms with E-state index in [9.17, 15) is 14.4 Å². The number of esters is 2. The molecule has 1 amide bonds. The average Bonchev–Trinajstić information content (AvgIpc) is 3.53. The summed E-state index contributed by atoms with van der Waals surface area (Å²) in [7, 11) is 0. The summed E-state index contributed by atoms with van der Waals surface area (Å²) in [6, 6.07) is 9.32. The first-order valence-corrected chi connectivity index (χ1v) is 10.9. The second kappa shape index (κ2) is 10.9. The van der Waals surface area contributed by atoms with Crippen LogP contribution in [0.4, 0.5) is 0 Å². The fourth-order valence-corrected chi connectivity index (χ4v) is 3.92. The maximum atomic E-state index is 12.6. The van der Waals surface area contributed by atoms with Crippen LogP contribution in [-0.4, -0.2) is 73.0 Å². The van der Waals surface area contributed by atoms with Crippen LogP contribution in [0.15, 0.2) is 30.3 Å². The molecule has 3 rings (SSSR count). The zero-order chi connectivity index (χ0) is 23.3. The summed E-state index contributed by atoms with van der Waals surface area (Å²) in [5.41, 5.74) is 0.789. The topological polar surface area (TPSA) is 104 Å². The van der Waals surface area contributed by atoms with Crippen molar-refractivity contribution in [1.29, 1.82) is 0 Å². The number of rotatable bonds is 9. The number of carbonyl (C=O) groups excluding carboxylic acids is 3. The SMILES string of the molecule is CCN(CC)C(=O)[C@@H]1O[C@H]1C[C@@H](OC(C)=O)[C@@H]1O[C@H](c2ccccc2)OC[C@H]1OC(C)=O. The summed E-state index contributed by atoms with van der Waals surface area (Å²) >= 11 is 0. The van der Waals surface area contributed by atoms with Gasteiger partial charge in [0.25, 0.3) is 5.91 Å². The highest BCUT2D eigenvalue weighted by molar-refractivity contribution is 5.83. The van der Waals surface area contributed by atoms with E-state index in [-0.39, 0.29) is 18.9 Å². The summed E-state index contributed by atoms with van der Waals surface area (Å²) in [5, 5.41) is 0. The smallest absolute Gasteiger partial charge is 0.303 e. The summed E-state index contributed by atoms with van der Waals surface area (Å²) in [4.78, 5) is 37.8. The Labute approximate surface area is 187 Å². The standard InChI is InChI=1S/C23H31NO8/c1-5-24(6-2)22(27)21-18(31-21)12-17(29-14(3)25)20-19(30-15(4)26)13-28-23(32-20)16-10-8-7-9-11-16/h7-11,17-21,23H,5-6,12-13H2,1-4H3/t17-,18+,19-,20+,21-,23-/m1/s1. The van der Waals surface area contributed by atoms with Crippen LogP contribution in [-0.2, 0) is 38.1 Å². The average molecular weight is 450 g/mol. The molecule has 0 aliphatic carbocycles. The monoisotopic (exact) mass is 449 g/mol. The molecule has 32 heavy (non-hydrogen) atoms. The zero-order valence-electron chi connectivity index (χ0n) is 18.9. The van der Waals surface area contributed by atoms with Gasteiger partial charge in [-0.2, -0.15) is 0 Å². The van der Waals surface area contributed by atoms with Crippen LogP contribution in [0.2, 0.25) is 0 Å². The van der Waals surface area contributed by atoms with Gasteiger partial charge >= 0.3 is 11.9 Å². The minimum Gasteiger partial charge on any atom is -0.460 e. The summed E-state index contributed by atoms with van der Waals surface area (Å²) in [6.07, 6.45) is -3.80. The Morgan fingerprint density at radius 1 is 1.06 bits per heavy atom. The first-order chi connectivity index (χ1) is 15.3. The third-order valence-corrected chi connectivity index (χ3v) is 5.50. The van der Waals surface area contributed by atoms with E-state index >= 15 is 0 Å². The number of carbonyl (C=O) groups is 3. The number of benzene rings is 1. The quantitative estimate of drug-likeness (QED) is 0.417. The molecule has 0 radical (unpaired) electrons. The molecular formula is C23H31NO8. The molecule has 0 N–H and O–H groups in total. The molecule has 2 saturated heterocycles. The Morgan fingerprint density at radius 2 is 1.75 bits per heavy atom. The van der Waals surface area contributed by atoms with Crippen molar-refractivity contribution in [2.75, 3.05) is 19.7 Å². The van der Waals surface area contributed by atoms with Crippen molar-refractivity contribution in [3.8, 4) is 0 Å². The fourth-order valence-electron chi connectivity index (χ4n) is 3.92. The molecule has 0 bridgehead atoms. The van der Waals surface area contributed by atoms with Gasteiger partial charge < -0.3 is 28.6 Å². The van der Waals surface area contributed by atoms with Gasteiger partial charge in [-0.15, -0.1) is 0 Å². The zero-order valence-corrected chi connectivity index (χ0v) is 18.9. The highest BCUT2D eigenvalue weighted by Gasteiger charge is 2.51. The molecular weight excluding hydrogens is 418 g/mol. The second-order valence-electron chi connectivity index (χ2n) is 7.81. The van der Waals surface area contributed by atoms with Crippen molar-refractivity contribution in [1.82, 2.24) is 4.90 Å². The summed E-state index contributed by atoms with van der Waals surface area (Å²) in [5.74, 6) is -1.09. The van der Waals surface area contributed by atoms with Gasteiger partial charge in [-0.25, -0.2) is 0 Å². The first kappa shape index (κ1) is 24.2. The molecule has 2 aliphatic rings. The molecule has 9 heteroatoms. The lowest BCUT2D eigenvalue weighted by Crippen LogP contribution is -2.51. The molecule has 1 aromatic carbocycles. The molecule has 0 spiro atoms. The van der Waals surface area contributed by atoms with Gasteiger partial charge in [0.1, 0.15) is 12.2 Å². The first-order valence-electron chi connectivity index (χ1n) is 10.9. The van der Waals surface area contributed by atoms with Crippen molar-refractivity contribution in [2.24, 2.45) is 0 Å². The minimum atomic E-state index is -0.786. The number of epoxide rings is 1. The van der Waals surface area contributed by atoms with Crippen molar-refractivity contribution in [3.63, 3.8) is 0 Å². The van der Waals surface area contributed by atoms with E-state index in [4.69, 9.17) is 23.7 Å². The van der Waals surface area contributed by atoms with Gasteiger partial charge in [-0.05, 0) is 13.8 Å². The lowest BCUT2D eigenvalue weighted by Gasteiger charge is -2.39. The van der Waals surface area contributed by atoms with E-state index in [1.54, 1.807) is 4.90 Å². The van der Waals surface area contributed by atoms with Crippen LogP contribution in [0.25, 0.3) is 0 Å². The van der Waals surface area contributed by atoms with Crippen LogP contribution in [0.3, 0.4) is 0 Å². The molecule has 0 unspecified atom stereocenters. The van der Waals surface area contributed by atoms with Crippen LogP contribution >= 0.6 is 0 Å². The second-order valence-corrected chi connectivity index (χ2v) is 7.81. The van der Waals surface area contributed by atoms with Gasteiger partial charge in [0.15, 0.2) is 18.5 Å². The number of likely N-dealkylation sites (N-methyl/N-ethyl adjacent to an activating group) is 1. The van der Waals surface area contributed by atoms with Crippen LogP contribution in [0, 0.1) is 0 Å². The Balaban J connectivity index is 1.76. The van der Waals surface area contributed by atoms with E-state index in [2.05, 4.69) is 0 Å². The molecule has 1 aromatic rings. The van der Waals surface area contributed by atoms with Crippen molar-refractivity contribution >= 4 is 17.8 Å². The maximum absolute atomic E-state index is 12.6. The van der Waals surface area contributed by atoms with E-state index in [0.29, 0.717) is 13.1 Å². The predicted octanol–water partition coefficient (Wildman–Crippen LogP) is 1.99. The fraction of sp³-hybridized carbons (Fsp3) is 0.609. The maximum Gasteiger partial charge on any atom is 0.303 e. The van der Waals surface area contributed by atoms with Crippen molar-refractivity contribution in [3.05, 3.63) is 35.9 Å². The molecule has 2 fully saturated rings. The minimum absolute atomic E-state index is 0.0783. The summed E-state index contributed by atoms with van der Waals surface area (Å²) < 4.78 is 28.5. The number of hydrogen-bond acceptors (Lipinski definition) is 8. The molecule has 176 valence electrons. The van der Waals surface area contributed by atoms with Gasteiger partial charge in [0.05, 0.1) is 12.7 Å². The van der Waals surface area contributed by atoms with E-state index < -0.39 is 48.7 Å². The number of ether oxygens (including phenoxy) is 5. The third-order valence-electron chi connectivity index (χ3n) is 5.50. The van der Waals surface area contributed by atoms with E-state index in [1.165, 1.54) is 13.8 Å². The Kier molecular flexibility index (Phi) is 8.22. The normalized spacial score (nSPS) is 27.8. The number of hydrogen-bond donors (Lipinski definition) is 0. The molecule has 9 nitrogen and oxygen atoms in total. The molecule has 0 aromatic heterocycles. The van der Waals surface area contributed by atoms with Gasteiger partial charge in [-0.1, -0.05) is 30.3 Å². The number of amides is 1. The van der Waals surface area contributed by atoms with Gasteiger partial charge in [0.2, 0.25) is 0 Å². The van der Waals surface area contributed by atoms with Crippen LogP contribution in [0.1, 0.15) is 46.0 Å². The van der Waals surface area contributed by atoms with Crippen molar-refractivity contribution < 1.29 is 38.1 Å². The molecule has 0 saturated carbocycles. The lowest BCUT2D eigenvalue weighted by atomic mass is 10.00. The number of nitrogens with zero attached hydrogens (tertiary/aromatic N) is 1. The van der Waals surface area contributed by atoms with Crippen LogP contribution in [0.5, 0.6) is 0 Å². The van der Waals surface area contributed by atoms with Crippen molar-refractivity contribution in [2.45, 2.75) is 70.9 Å². The molecule has 2 heterocycles. The van der Waals surface area contributed by atoms with E-state index in [1.807, 2.05) is 44.2 Å². The largest absolute Gasteiger partial charge is 0.460 e. The Hall–Kier alpha value is -2.49. The highest BCUT2D eigenvalue weighted by atomic mass is 16.7. The predicted molar refractivity (Wildman–Crippen MR) is 112 cm³/mol.